The van der Waals surface area contributed by atoms with Crippen LogP contribution in [-0.4, -0.2) is 29.9 Å². The minimum Gasteiger partial charge on any atom is -0.368 e. The van der Waals surface area contributed by atoms with Crippen molar-refractivity contribution in [3.05, 3.63) is 35.1 Å². The summed E-state index contributed by atoms with van der Waals surface area (Å²) < 4.78 is 1.94. The Bertz CT molecular complexity index is 749. The minimum absolute atomic E-state index is 0.303. The van der Waals surface area contributed by atoms with Gasteiger partial charge >= 0.3 is 0 Å². The van der Waals surface area contributed by atoms with Crippen molar-refractivity contribution in [3.63, 3.8) is 0 Å². The van der Waals surface area contributed by atoms with E-state index in [1.54, 1.807) is 0 Å². The third kappa shape index (κ3) is 3.01. The predicted octanol–water partition coefficient (Wildman–Crippen LogP) is 2.13. The van der Waals surface area contributed by atoms with Crippen LogP contribution < -0.4 is 5.73 Å². The quantitative estimate of drug-likeness (QED) is 0.714. The number of nitrogen functional groups attached to an aromatic ring is 1. The molecule has 0 saturated carbocycles. The Morgan fingerprint density at radius 3 is 2.71 bits per heavy atom. The van der Waals surface area contributed by atoms with Crippen LogP contribution in [0.3, 0.4) is 0 Å². The Labute approximate surface area is 129 Å². The lowest BCUT2D eigenvalue weighted by Crippen LogP contribution is -1.98. The van der Waals surface area contributed by atoms with Gasteiger partial charge in [-0.1, -0.05) is 23.4 Å². The molecule has 0 aliphatic rings. The van der Waals surface area contributed by atoms with Gasteiger partial charge in [0.25, 0.3) is 0 Å². The highest BCUT2D eigenvalue weighted by Crippen LogP contribution is 2.23. The summed E-state index contributed by atoms with van der Waals surface area (Å²) in [6, 6.07) is 7.49. The molecule has 3 aromatic rings. The Balaban J connectivity index is 1.77. The van der Waals surface area contributed by atoms with Crippen LogP contribution in [-0.2, 0) is 12.8 Å². The molecule has 0 bridgehead atoms. The summed E-state index contributed by atoms with van der Waals surface area (Å²) in [5, 5.41) is 16.3. The summed E-state index contributed by atoms with van der Waals surface area (Å²) in [4.78, 5) is 4.03. The fourth-order valence-electron chi connectivity index (χ4n) is 1.79. The van der Waals surface area contributed by atoms with E-state index in [9.17, 15) is 0 Å². The van der Waals surface area contributed by atoms with Crippen molar-refractivity contribution in [1.82, 2.24) is 29.9 Å². The van der Waals surface area contributed by atoms with Gasteiger partial charge in [0.1, 0.15) is 5.82 Å². The number of anilines is 1. The third-order valence-electron chi connectivity index (χ3n) is 2.88. The van der Waals surface area contributed by atoms with Crippen LogP contribution in [0.1, 0.15) is 5.82 Å². The lowest BCUT2D eigenvalue weighted by Gasteiger charge is -2.03. The standard InChI is InChI=1S/C12H12ClN7S/c1-20-9(6-21-12-15-11(14)18-19-12)16-17-10(20)7-2-4-8(13)5-3-7/h2-5H,6H2,1H3,(H3,14,15,18,19). The zero-order valence-electron chi connectivity index (χ0n) is 11.1. The summed E-state index contributed by atoms with van der Waals surface area (Å²) in [6.07, 6.45) is 0. The molecule has 1 aromatic carbocycles. The Hall–Kier alpha value is -2.06. The van der Waals surface area contributed by atoms with Crippen molar-refractivity contribution in [1.29, 1.82) is 0 Å². The van der Waals surface area contributed by atoms with Crippen LogP contribution in [0.4, 0.5) is 5.95 Å². The molecule has 3 N–H and O–H groups in total. The smallest absolute Gasteiger partial charge is 0.216 e. The van der Waals surface area contributed by atoms with Gasteiger partial charge in [-0.2, -0.15) is 4.98 Å². The molecule has 9 heteroatoms. The van der Waals surface area contributed by atoms with Crippen LogP contribution in [0.15, 0.2) is 29.4 Å². The first kappa shape index (κ1) is 13.9. The number of benzene rings is 1. The van der Waals surface area contributed by atoms with Gasteiger partial charge in [0.05, 0.1) is 5.75 Å². The monoisotopic (exact) mass is 321 g/mol. The van der Waals surface area contributed by atoms with Crippen LogP contribution in [0, 0.1) is 0 Å². The second kappa shape index (κ2) is 5.74. The summed E-state index contributed by atoms with van der Waals surface area (Å²) >= 11 is 7.33. The van der Waals surface area contributed by atoms with E-state index in [4.69, 9.17) is 17.3 Å². The highest BCUT2D eigenvalue weighted by atomic mass is 35.5. The maximum Gasteiger partial charge on any atom is 0.216 e. The zero-order chi connectivity index (χ0) is 14.8. The SMILES string of the molecule is Cn1c(CSc2n[nH]c(N)n2)nnc1-c1ccc(Cl)cc1. The number of nitrogens with one attached hydrogen (secondary N) is 1. The first-order valence-corrected chi connectivity index (χ1v) is 7.45. The average molecular weight is 322 g/mol. The molecule has 0 amide bonds. The fourth-order valence-corrected chi connectivity index (χ4v) is 2.70. The van der Waals surface area contributed by atoms with Gasteiger partial charge in [-0.05, 0) is 24.3 Å². The van der Waals surface area contributed by atoms with Gasteiger partial charge in [-0.25, -0.2) is 5.10 Å². The molecule has 2 aromatic heterocycles. The highest BCUT2D eigenvalue weighted by Gasteiger charge is 2.12. The van der Waals surface area contributed by atoms with E-state index >= 15 is 0 Å². The molecular formula is C12H12ClN7S. The minimum atomic E-state index is 0.303. The highest BCUT2D eigenvalue weighted by molar-refractivity contribution is 7.98. The van der Waals surface area contributed by atoms with Gasteiger partial charge < -0.3 is 10.3 Å². The van der Waals surface area contributed by atoms with Crippen LogP contribution in [0.5, 0.6) is 0 Å². The van der Waals surface area contributed by atoms with Crippen molar-refractivity contribution >= 4 is 29.3 Å². The fraction of sp³-hybridized carbons (Fsp3) is 0.167. The number of nitrogens with zero attached hydrogens (tertiary/aromatic N) is 5. The van der Waals surface area contributed by atoms with Crippen molar-refractivity contribution in [2.75, 3.05) is 5.73 Å². The summed E-state index contributed by atoms with van der Waals surface area (Å²) in [7, 11) is 1.92. The number of aromatic amines is 1. The maximum atomic E-state index is 5.89. The normalized spacial score (nSPS) is 11.0. The number of hydrogen-bond acceptors (Lipinski definition) is 6. The van der Waals surface area contributed by atoms with Crippen LogP contribution in [0.2, 0.25) is 5.02 Å². The Kier molecular flexibility index (Phi) is 3.80. The molecule has 7 nitrogen and oxygen atoms in total. The Morgan fingerprint density at radius 2 is 2.05 bits per heavy atom. The molecule has 0 fully saturated rings. The molecule has 0 aliphatic carbocycles. The summed E-state index contributed by atoms with van der Waals surface area (Å²) in [6.45, 7) is 0. The van der Waals surface area contributed by atoms with E-state index in [-0.39, 0.29) is 0 Å². The van der Waals surface area contributed by atoms with Crippen molar-refractivity contribution in [2.24, 2.45) is 7.05 Å². The van der Waals surface area contributed by atoms with Gasteiger partial charge in [0.2, 0.25) is 11.1 Å². The molecule has 0 atom stereocenters. The van der Waals surface area contributed by atoms with E-state index in [0.717, 1.165) is 17.2 Å². The van der Waals surface area contributed by atoms with E-state index in [2.05, 4.69) is 25.4 Å². The van der Waals surface area contributed by atoms with Crippen LogP contribution in [0.25, 0.3) is 11.4 Å². The van der Waals surface area contributed by atoms with Gasteiger partial charge in [0.15, 0.2) is 5.82 Å². The molecule has 0 unspecified atom stereocenters. The van der Waals surface area contributed by atoms with Crippen LogP contribution >= 0.6 is 23.4 Å². The van der Waals surface area contributed by atoms with E-state index in [1.165, 1.54) is 11.8 Å². The average Bonchev–Trinajstić information content (AvgIpc) is 3.04. The topological polar surface area (TPSA) is 98.3 Å². The number of nitrogens with two attached hydrogens (primary N) is 1. The van der Waals surface area contributed by atoms with E-state index in [0.29, 0.717) is 21.9 Å². The molecular weight excluding hydrogens is 310 g/mol. The maximum absolute atomic E-state index is 5.89. The number of thioether (sulfide) groups is 1. The predicted molar refractivity (Wildman–Crippen MR) is 81.8 cm³/mol. The van der Waals surface area contributed by atoms with Gasteiger partial charge in [0, 0.05) is 17.6 Å². The van der Waals surface area contributed by atoms with Crippen molar-refractivity contribution in [3.8, 4) is 11.4 Å². The third-order valence-corrected chi connectivity index (χ3v) is 3.98. The lowest BCUT2D eigenvalue weighted by molar-refractivity contribution is 0.853. The molecule has 108 valence electrons. The first-order chi connectivity index (χ1) is 10.1. The molecule has 3 rings (SSSR count). The molecule has 2 heterocycles. The molecule has 0 aliphatic heterocycles. The second-order valence-corrected chi connectivity index (χ2v) is 5.68. The zero-order valence-corrected chi connectivity index (χ0v) is 12.7. The second-order valence-electron chi connectivity index (χ2n) is 4.30. The van der Waals surface area contributed by atoms with Gasteiger partial charge in [-0.15, -0.1) is 15.3 Å². The number of aromatic nitrogens is 6. The number of rotatable bonds is 4. The number of hydrogen-bond donors (Lipinski definition) is 2. The first-order valence-electron chi connectivity index (χ1n) is 6.08. The molecule has 0 saturated heterocycles. The van der Waals surface area contributed by atoms with E-state index < -0.39 is 0 Å². The largest absolute Gasteiger partial charge is 0.368 e. The van der Waals surface area contributed by atoms with Crippen molar-refractivity contribution in [2.45, 2.75) is 10.9 Å². The number of H-pyrrole nitrogens is 1. The number of halogens is 1. The Morgan fingerprint density at radius 1 is 1.29 bits per heavy atom. The molecule has 0 radical (unpaired) electrons. The lowest BCUT2D eigenvalue weighted by atomic mass is 10.2. The van der Waals surface area contributed by atoms with Crippen molar-refractivity contribution < 1.29 is 0 Å². The molecule has 21 heavy (non-hydrogen) atoms. The van der Waals surface area contributed by atoms with E-state index in [1.807, 2.05) is 35.9 Å². The summed E-state index contributed by atoms with van der Waals surface area (Å²) in [5.74, 6) is 2.52. The molecule has 0 spiro atoms. The summed E-state index contributed by atoms with van der Waals surface area (Å²) in [5.41, 5.74) is 6.45. The van der Waals surface area contributed by atoms with Gasteiger partial charge in [-0.3, -0.25) is 0 Å².